The zero-order valence-corrected chi connectivity index (χ0v) is 35.6. The molecule has 12 N–H and O–H groups in total. The number of hydrogen-bond donors (Lipinski definition) is 12. The molecular formula is C41H50O25. The van der Waals surface area contributed by atoms with E-state index >= 15 is 0 Å². The molecule has 66 heavy (non-hydrogen) atoms. The van der Waals surface area contributed by atoms with Crippen LogP contribution in [0.5, 0.6) is 46.0 Å². The van der Waals surface area contributed by atoms with Gasteiger partial charge in [-0.1, -0.05) is 0 Å². The summed E-state index contributed by atoms with van der Waals surface area (Å²) in [7, 11) is 6.16. The van der Waals surface area contributed by atoms with Gasteiger partial charge in [0.2, 0.25) is 29.2 Å². The average Bonchev–Trinajstić information content (AvgIpc) is 3.68. The highest BCUT2D eigenvalue weighted by Gasteiger charge is 2.76. The molecule has 1 unspecified atom stereocenters. The molecule has 364 valence electrons. The SMILES string of the molecule is COc1cc(C(=O)OC[C@H]2O[C@](O)([C@]3(O)[C@H](Oc4cc(OC)c(OC)c(OC)c4)O[C@H](C(O)[C@@]4(O)O[C@H](COC(=O)c5ccc(O)c(OC)c5)[C@@H](O)[C@H]4O)[C@@H](O)[C@@H]3O)[C@H](O)[C@@H]2O)ccc1O. The Morgan fingerprint density at radius 3 is 1.56 bits per heavy atom. The van der Waals surface area contributed by atoms with Crippen molar-refractivity contribution in [2.45, 2.75) is 84.5 Å². The minimum absolute atomic E-state index is 0.0199. The number of ether oxygens (including phenoxy) is 11. The molecular weight excluding hydrogens is 892 g/mol. The molecule has 0 amide bonds. The number of hydrogen-bond acceptors (Lipinski definition) is 25. The lowest BCUT2D eigenvalue weighted by Gasteiger charge is -2.54. The Balaban J connectivity index is 1.30. The van der Waals surface area contributed by atoms with E-state index in [0.29, 0.717) is 0 Å². The van der Waals surface area contributed by atoms with Crippen molar-refractivity contribution in [1.82, 2.24) is 0 Å². The van der Waals surface area contributed by atoms with Crippen LogP contribution in [-0.4, -0.2) is 206 Å². The van der Waals surface area contributed by atoms with Gasteiger partial charge >= 0.3 is 11.9 Å². The van der Waals surface area contributed by atoms with Gasteiger partial charge in [-0.05, 0) is 36.4 Å². The summed E-state index contributed by atoms with van der Waals surface area (Å²) in [4.78, 5) is 25.7. The summed E-state index contributed by atoms with van der Waals surface area (Å²) >= 11 is 0. The Morgan fingerprint density at radius 2 is 1.09 bits per heavy atom. The van der Waals surface area contributed by atoms with Crippen LogP contribution in [0, 0.1) is 0 Å². The summed E-state index contributed by atoms with van der Waals surface area (Å²) in [6.45, 7) is -1.84. The fourth-order valence-electron chi connectivity index (χ4n) is 7.72. The van der Waals surface area contributed by atoms with Crippen molar-refractivity contribution in [1.29, 1.82) is 0 Å². The largest absolute Gasteiger partial charge is 0.504 e. The van der Waals surface area contributed by atoms with Gasteiger partial charge in [-0.25, -0.2) is 9.59 Å². The van der Waals surface area contributed by atoms with Crippen molar-refractivity contribution in [2.24, 2.45) is 0 Å². The number of esters is 2. The van der Waals surface area contributed by atoms with Gasteiger partial charge in [0.05, 0.1) is 46.7 Å². The molecule has 25 heteroatoms. The van der Waals surface area contributed by atoms with Crippen LogP contribution in [0.3, 0.4) is 0 Å². The Bertz CT molecular complexity index is 2200. The second-order valence-electron chi connectivity index (χ2n) is 15.2. The van der Waals surface area contributed by atoms with E-state index in [2.05, 4.69) is 0 Å². The lowest BCUT2D eigenvalue weighted by Crippen LogP contribution is -2.80. The summed E-state index contributed by atoms with van der Waals surface area (Å²) < 4.78 is 58.9. The number of rotatable bonds is 16. The van der Waals surface area contributed by atoms with E-state index in [1.807, 2.05) is 0 Å². The first kappa shape index (κ1) is 49.9. The molecule has 3 aliphatic heterocycles. The third kappa shape index (κ3) is 8.65. The number of carbonyl (C=O) groups is 2. The van der Waals surface area contributed by atoms with Crippen molar-refractivity contribution < 1.29 is 123 Å². The molecule has 3 aromatic rings. The van der Waals surface area contributed by atoms with Crippen LogP contribution in [-0.2, 0) is 23.7 Å². The lowest BCUT2D eigenvalue weighted by molar-refractivity contribution is -0.428. The Labute approximate surface area is 373 Å². The normalized spacial score (nSPS) is 33.4. The fourth-order valence-corrected chi connectivity index (χ4v) is 7.72. The third-order valence-electron chi connectivity index (χ3n) is 11.4. The first-order chi connectivity index (χ1) is 31.1. The number of aliphatic hydroxyl groups is 10. The minimum atomic E-state index is -3.68. The van der Waals surface area contributed by atoms with E-state index in [1.54, 1.807) is 0 Å². The number of phenols is 2. The molecule has 14 atom stereocenters. The average molecular weight is 943 g/mol. The topological polar surface area (TPSA) is 378 Å². The first-order valence-electron chi connectivity index (χ1n) is 19.6. The molecule has 0 aromatic heterocycles. The highest BCUT2D eigenvalue weighted by molar-refractivity contribution is 5.90. The highest BCUT2D eigenvalue weighted by atomic mass is 16.7. The predicted octanol–water partition coefficient (Wildman–Crippen LogP) is -3.61. The van der Waals surface area contributed by atoms with Gasteiger partial charge in [-0.15, -0.1) is 0 Å². The van der Waals surface area contributed by atoms with Crippen LogP contribution >= 0.6 is 0 Å². The molecule has 3 heterocycles. The second-order valence-corrected chi connectivity index (χ2v) is 15.2. The minimum Gasteiger partial charge on any atom is -0.504 e. The second kappa shape index (κ2) is 19.4. The van der Waals surface area contributed by atoms with Crippen LogP contribution in [0.2, 0.25) is 0 Å². The van der Waals surface area contributed by atoms with Crippen molar-refractivity contribution in [3.8, 4) is 46.0 Å². The van der Waals surface area contributed by atoms with Gasteiger partial charge in [0.15, 0.2) is 34.5 Å². The smallest absolute Gasteiger partial charge is 0.338 e. The molecule has 0 aliphatic carbocycles. The fraction of sp³-hybridized carbons (Fsp3) is 0.512. The van der Waals surface area contributed by atoms with Crippen molar-refractivity contribution in [3.63, 3.8) is 0 Å². The quantitative estimate of drug-likeness (QED) is 0.0617. The standard InChI is InChI=1S/C41H50O25/c1-56-21-10-16(6-8-19(21)42)36(51)61-14-25-27(44)33(48)40(54,65-25)35(50)31-29(46)32(47)39(53,38(64-31)63-18-12-23(58-3)30(60-5)24(13-18)59-4)41(55)34(49)28(45)26(66-41)15-62-37(52)17-7-9-20(43)22(11-17)57-2/h6-13,25-29,31-35,38,42-50,53-55H,14-15H2,1-5H3/t25-,26-,27-,28-,29-,31+,32+,33-,34-,35?,38-,39-,40+,41+/m1/s1. The van der Waals surface area contributed by atoms with E-state index in [4.69, 9.17) is 52.1 Å². The summed E-state index contributed by atoms with van der Waals surface area (Å²) in [5.41, 5.74) is -3.99. The summed E-state index contributed by atoms with van der Waals surface area (Å²) in [5.74, 6) is -10.5. The van der Waals surface area contributed by atoms with Gasteiger partial charge in [-0.2, -0.15) is 0 Å². The Hall–Kier alpha value is -5.52. The van der Waals surface area contributed by atoms with E-state index in [-0.39, 0.29) is 51.4 Å². The third-order valence-corrected chi connectivity index (χ3v) is 11.4. The maximum absolute atomic E-state index is 12.9. The van der Waals surface area contributed by atoms with E-state index in [0.717, 1.165) is 42.5 Å². The van der Waals surface area contributed by atoms with Crippen LogP contribution in [0.15, 0.2) is 48.5 Å². The van der Waals surface area contributed by atoms with Crippen LogP contribution in [0.4, 0.5) is 0 Å². The highest BCUT2D eigenvalue weighted by Crippen LogP contribution is 2.49. The number of benzene rings is 3. The molecule has 3 aromatic carbocycles. The zero-order valence-electron chi connectivity index (χ0n) is 35.6. The van der Waals surface area contributed by atoms with E-state index in [9.17, 15) is 70.9 Å². The molecule has 0 radical (unpaired) electrons. The molecule has 0 saturated carbocycles. The van der Waals surface area contributed by atoms with Gasteiger partial charge < -0.3 is 113 Å². The van der Waals surface area contributed by atoms with Gasteiger partial charge in [0, 0.05) is 12.1 Å². The molecule has 0 spiro atoms. The summed E-state index contributed by atoms with van der Waals surface area (Å²) in [5, 5.41) is 135. The molecule has 0 bridgehead atoms. The van der Waals surface area contributed by atoms with E-state index in [1.165, 1.54) is 41.6 Å². The van der Waals surface area contributed by atoms with Gasteiger partial charge in [0.25, 0.3) is 0 Å². The number of carbonyl (C=O) groups excluding carboxylic acids is 2. The summed E-state index contributed by atoms with van der Waals surface area (Å²) in [6.07, 6.45) is -26.8. The van der Waals surface area contributed by atoms with Crippen molar-refractivity contribution >= 4 is 11.9 Å². The first-order valence-corrected chi connectivity index (χ1v) is 19.6. The number of methoxy groups -OCH3 is 5. The monoisotopic (exact) mass is 942 g/mol. The van der Waals surface area contributed by atoms with Gasteiger partial charge in [-0.3, -0.25) is 0 Å². The summed E-state index contributed by atoms with van der Waals surface area (Å²) in [6, 6.07) is 9.06. The molecule has 3 fully saturated rings. The number of phenolic OH excluding ortho intramolecular Hbond substituents is 2. The van der Waals surface area contributed by atoms with Crippen LogP contribution in [0.1, 0.15) is 20.7 Å². The number of aromatic hydroxyl groups is 2. The van der Waals surface area contributed by atoms with Crippen molar-refractivity contribution in [3.05, 3.63) is 59.7 Å². The van der Waals surface area contributed by atoms with Crippen molar-refractivity contribution in [2.75, 3.05) is 48.8 Å². The molecule has 3 saturated heterocycles. The Kier molecular flexibility index (Phi) is 14.6. The van der Waals surface area contributed by atoms with Crippen LogP contribution < -0.4 is 28.4 Å². The number of aliphatic hydroxyl groups excluding tert-OH is 7. The zero-order chi connectivity index (χ0) is 48.6. The molecule has 6 rings (SSSR count). The maximum atomic E-state index is 12.9. The maximum Gasteiger partial charge on any atom is 0.338 e. The predicted molar refractivity (Wildman–Crippen MR) is 212 cm³/mol. The molecule has 3 aliphatic rings. The van der Waals surface area contributed by atoms with Gasteiger partial charge in [0.1, 0.15) is 80.0 Å². The lowest BCUT2D eigenvalue weighted by atomic mass is 9.75. The van der Waals surface area contributed by atoms with E-state index < -0.39 is 115 Å². The molecule has 25 nitrogen and oxygen atoms in total. The Morgan fingerprint density at radius 1 is 0.621 bits per heavy atom. The van der Waals surface area contributed by atoms with Crippen LogP contribution in [0.25, 0.3) is 0 Å².